The molecule has 2 aromatic carbocycles. The number of carbonyl (C=O) groups excluding carboxylic acids is 1. The molecule has 1 fully saturated rings. The first-order valence-corrected chi connectivity index (χ1v) is 13.4. The van der Waals surface area contributed by atoms with E-state index >= 15 is 0 Å². The van der Waals surface area contributed by atoms with Gasteiger partial charge in [0.2, 0.25) is 0 Å². The lowest BCUT2D eigenvalue weighted by atomic mass is 10.00. The summed E-state index contributed by atoms with van der Waals surface area (Å²) in [7, 11) is 0. The summed E-state index contributed by atoms with van der Waals surface area (Å²) in [6.07, 6.45) is 1.03. The van der Waals surface area contributed by atoms with Gasteiger partial charge in [0, 0.05) is 54.8 Å². The van der Waals surface area contributed by atoms with Crippen molar-refractivity contribution in [2.75, 3.05) is 24.8 Å². The highest BCUT2D eigenvalue weighted by molar-refractivity contribution is 7.11. The molecule has 1 aliphatic rings. The van der Waals surface area contributed by atoms with Crippen molar-refractivity contribution < 1.29 is 14.6 Å². The molecule has 0 atom stereocenters. The fraction of sp³-hybridized carbons (Fsp3) is 0.357. The number of urea groups is 1. The quantitative estimate of drug-likeness (QED) is 0.190. The average molecular weight is 563 g/mol. The van der Waals surface area contributed by atoms with Crippen LogP contribution in [-0.4, -0.2) is 55.5 Å². The van der Waals surface area contributed by atoms with Gasteiger partial charge >= 0.3 is 6.03 Å². The predicted octanol–water partition coefficient (Wildman–Crippen LogP) is 5.89. The molecule has 3 aromatic rings. The van der Waals surface area contributed by atoms with E-state index in [1.807, 2.05) is 25.7 Å². The number of hydrogen-bond acceptors (Lipinski definition) is 8. The molecule has 0 N–H and O–H groups in total. The van der Waals surface area contributed by atoms with Crippen LogP contribution in [0.15, 0.2) is 48.5 Å². The van der Waals surface area contributed by atoms with Gasteiger partial charge in [-0.15, -0.1) is 11.8 Å². The van der Waals surface area contributed by atoms with Crippen molar-refractivity contribution in [1.29, 1.82) is 0 Å². The van der Waals surface area contributed by atoms with Gasteiger partial charge in [0.05, 0.1) is 28.9 Å². The highest BCUT2D eigenvalue weighted by Gasteiger charge is 2.39. The maximum absolute atomic E-state index is 13.9. The van der Waals surface area contributed by atoms with E-state index in [4.69, 9.17) is 4.37 Å². The number of benzene rings is 2. The molecule has 4 rings (SSSR count). The molecule has 1 aromatic heterocycles. The van der Waals surface area contributed by atoms with Crippen LogP contribution in [-0.2, 0) is 6.42 Å². The van der Waals surface area contributed by atoms with Crippen LogP contribution in [0.25, 0.3) is 11.1 Å². The van der Waals surface area contributed by atoms with Gasteiger partial charge < -0.3 is 4.90 Å². The van der Waals surface area contributed by atoms with E-state index in [9.17, 15) is 25.0 Å². The number of nitrogens with zero attached hydrogens (tertiary/aromatic N) is 6. The molecule has 2 heterocycles. The van der Waals surface area contributed by atoms with Crippen LogP contribution in [0.3, 0.4) is 0 Å². The molecule has 0 bridgehead atoms. The van der Waals surface area contributed by atoms with Gasteiger partial charge in [-0.05, 0) is 62.5 Å². The van der Waals surface area contributed by atoms with Crippen LogP contribution in [0.1, 0.15) is 45.4 Å². The van der Waals surface area contributed by atoms with Crippen molar-refractivity contribution in [2.24, 2.45) is 0 Å². The summed E-state index contributed by atoms with van der Waals surface area (Å²) < 4.78 is 4.72. The van der Waals surface area contributed by atoms with Gasteiger partial charge in [-0.25, -0.2) is 4.79 Å². The van der Waals surface area contributed by atoms with E-state index in [1.54, 1.807) is 36.1 Å². The second-order valence-electron chi connectivity index (χ2n) is 10.4. The third-order valence-electron chi connectivity index (χ3n) is 6.56. The maximum Gasteiger partial charge on any atom is 0.327 e. The lowest BCUT2D eigenvalue weighted by Gasteiger charge is -2.47. The zero-order chi connectivity index (χ0) is 29.0. The first-order valence-electron chi connectivity index (χ1n) is 12.7. The molecular weight excluding hydrogens is 532 g/mol. The monoisotopic (exact) mass is 562 g/mol. The summed E-state index contributed by atoms with van der Waals surface area (Å²) in [5.74, 6) is 6.00. The van der Waals surface area contributed by atoms with E-state index in [0.717, 1.165) is 5.56 Å². The molecule has 11 nitrogen and oxygen atoms in total. The minimum Gasteiger partial charge on any atom is -0.306 e. The van der Waals surface area contributed by atoms with Gasteiger partial charge in [0.1, 0.15) is 5.00 Å². The van der Waals surface area contributed by atoms with Crippen molar-refractivity contribution in [3.05, 3.63) is 80.0 Å². The molecule has 0 aliphatic carbocycles. The summed E-state index contributed by atoms with van der Waals surface area (Å²) in [6, 6.07) is 12.3. The molecule has 2 amide bonds. The zero-order valence-electron chi connectivity index (χ0n) is 22.8. The molecule has 208 valence electrons. The standard InChI is InChI=1S/C28H30N6O5S/c1-5-6-7-16-30-18-31(27(35)32(19-30)28(2,3)4)26-25(21-10-14-23(15-11-21)34(38)39)24(29-40-26)17-20-8-12-22(13-9-20)33(36)37/h8-15H,7,16-19H2,1-4H3. The largest absolute Gasteiger partial charge is 0.327 e. The Morgan fingerprint density at radius 2 is 1.57 bits per heavy atom. The Kier molecular flexibility index (Phi) is 8.46. The maximum atomic E-state index is 13.9. The Labute approximate surface area is 236 Å². The summed E-state index contributed by atoms with van der Waals surface area (Å²) in [5, 5.41) is 23.0. The van der Waals surface area contributed by atoms with Crippen molar-refractivity contribution in [2.45, 2.75) is 46.1 Å². The fourth-order valence-electron chi connectivity index (χ4n) is 4.43. The number of anilines is 1. The lowest BCUT2D eigenvalue weighted by Crippen LogP contribution is -2.63. The number of non-ortho nitro benzene ring substituents is 2. The molecule has 0 radical (unpaired) electrons. The number of aromatic nitrogens is 1. The molecular formula is C28H30N6O5S. The molecule has 0 unspecified atom stereocenters. The summed E-state index contributed by atoms with van der Waals surface area (Å²) in [5.41, 5.74) is 2.39. The van der Waals surface area contributed by atoms with Gasteiger partial charge in [-0.1, -0.05) is 12.1 Å². The lowest BCUT2D eigenvalue weighted by molar-refractivity contribution is -0.385. The molecule has 1 saturated heterocycles. The Hall–Kier alpha value is -4.34. The second-order valence-corrected chi connectivity index (χ2v) is 11.1. The first-order chi connectivity index (χ1) is 19.0. The summed E-state index contributed by atoms with van der Waals surface area (Å²) >= 11 is 1.19. The number of rotatable bonds is 8. The van der Waals surface area contributed by atoms with Crippen molar-refractivity contribution in [3.8, 4) is 23.0 Å². The Morgan fingerprint density at radius 1 is 0.975 bits per heavy atom. The molecule has 40 heavy (non-hydrogen) atoms. The third-order valence-corrected chi connectivity index (χ3v) is 7.47. The van der Waals surface area contributed by atoms with Gasteiger partial charge in [-0.3, -0.25) is 30.0 Å². The van der Waals surface area contributed by atoms with Crippen LogP contribution in [0.2, 0.25) is 0 Å². The Balaban J connectivity index is 1.78. The molecule has 0 spiro atoms. The third kappa shape index (κ3) is 6.27. The topological polar surface area (TPSA) is 126 Å². The highest BCUT2D eigenvalue weighted by Crippen LogP contribution is 2.41. The average Bonchev–Trinajstić information content (AvgIpc) is 3.32. The number of nitro groups is 2. The van der Waals surface area contributed by atoms with Crippen LogP contribution in [0.4, 0.5) is 21.2 Å². The van der Waals surface area contributed by atoms with Crippen LogP contribution < -0.4 is 4.90 Å². The van der Waals surface area contributed by atoms with Crippen LogP contribution in [0.5, 0.6) is 0 Å². The van der Waals surface area contributed by atoms with Crippen molar-refractivity contribution in [1.82, 2.24) is 14.2 Å². The number of amides is 2. The minimum absolute atomic E-state index is 0.00708. The molecule has 1 aliphatic heterocycles. The Bertz CT molecular complexity index is 1470. The van der Waals surface area contributed by atoms with E-state index in [-0.39, 0.29) is 17.4 Å². The zero-order valence-corrected chi connectivity index (χ0v) is 23.6. The van der Waals surface area contributed by atoms with E-state index in [1.165, 1.54) is 35.8 Å². The van der Waals surface area contributed by atoms with E-state index in [2.05, 4.69) is 16.7 Å². The predicted molar refractivity (Wildman–Crippen MR) is 154 cm³/mol. The van der Waals surface area contributed by atoms with Gasteiger partial charge in [0.15, 0.2) is 0 Å². The number of nitro benzene ring substituents is 2. The highest BCUT2D eigenvalue weighted by atomic mass is 32.1. The van der Waals surface area contributed by atoms with Gasteiger partial charge in [0.25, 0.3) is 11.4 Å². The smallest absolute Gasteiger partial charge is 0.306 e. The minimum atomic E-state index is -0.458. The van der Waals surface area contributed by atoms with E-state index < -0.39 is 15.4 Å². The molecule has 0 saturated carbocycles. The fourth-order valence-corrected chi connectivity index (χ4v) is 5.34. The second kappa shape index (κ2) is 11.8. The normalized spacial score (nSPS) is 14.2. The number of hydrogen-bond donors (Lipinski definition) is 0. The number of carbonyl (C=O) groups is 1. The van der Waals surface area contributed by atoms with Crippen molar-refractivity contribution >= 4 is 33.9 Å². The SMILES string of the molecule is CC#CCCN1CN(c2snc(Cc3ccc([N+](=O)[O-])cc3)c2-c2ccc([N+](=O)[O-])cc2)C(=O)N(C(C)(C)C)C1. The summed E-state index contributed by atoms with van der Waals surface area (Å²) in [4.78, 5) is 41.0. The van der Waals surface area contributed by atoms with Gasteiger partial charge in [-0.2, -0.15) is 4.37 Å². The van der Waals surface area contributed by atoms with Crippen molar-refractivity contribution in [3.63, 3.8) is 0 Å². The van der Waals surface area contributed by atoms with Crippen LogP contribution >= 0.6 is 11.5 Å². The Morgan fingerprint density at radius 3 is 2.12 bits per heavy atom. The van der Waals surface area contributed by atoms with Crippen LogP contribution in [0, 0.1) is 32.1 Å². The van der Waals surface area contributed by atoms with E-state index in [0.29, 0.717) is 54.5 Å². The molecule has 12 heteroatoms. The summed E-state index contributed by atoms with van der Waals surface area (Å²) in [6.45, 7) is 9.25. The first kappa shape index (κ1) is 28.7.